The number of thioether (sulfide) groups is 1. The number of rotatable bonds is 7. The van der Waals surface area contributed by atoms with Gasteiger partial charge in [-0.1, -0.05) is 42.1 Å². The van der Waals surface area contributed by atoms with Crippen LogP contribution >= 0.6 is 11.8 Å². The highest BCUT2D eigenvalue weighted by molar-refractivity contribution is 7.99. The number of nitrogens with zero attached hydrogens (tertiary/aromatic N) is 3. The Bertz CT molecular complexity index is 1130. The maximum absolute atomic E-state index is 12.9. The van der Waals surface area contributed by atoms with E-state index in [2.05, 4.69) is 15.5 Å². The van der Waals surface area contributed by atoms with Crippen molar-refractivity contribution in [2.24, 2.45) is 0 Å². The van der Waals surface area contributed by atoms with Gasteiger partial charge in [0.2, 0.25) is 15.7 Å². The molecule has 152 valence electrons. The highest BCUT2D eigenvalue weighted by Gasteiger charge is 2.29. The topological polar surface area (TPSA) is 93.9 Å². The minimum absolute atomic E-state index is 0.117. The molecule has 0 unspecified atom stereocenters. The molecular weight excluding hydrogens is 422 g/mol. The van der Waals surface area contributed by atoms with Crippen LogP contribution in [-0.2, 0) is 14.6 Å². The van der Waals surface area contributed by atoms with Gasteiger partial charge in [0.15, 0.2) is 5.16 Å². The Morgan fingerprint density at radius 3 is 2.59 bits per heavy atom. The average molecular weight is 438 g/mol. The number of amides is 1. The smallest absolute Gasteiger partial charge is 0.324 e. The van der Waals surface area contributed by atoms with E-state index >= 15 is 0 Å². The Balaban J connectivity index is 1.74. The quantitative estimate of drug-likeness (QED) is 0.569. The van der Waals surface area contributed by atoms with E-state index < -0.39 is 26.4 Å². The van der Waals surface area contributed by atoms with Gasteiger partial charge in [0.25, 0.3) is 0 Å². The summed E-state index contributed by atoms with van der Waals surface area (Å²) in [7, 11) is -4.84. The molecule has 0 fully saturated rings. The van der Waals surface area contributed by atoms with Crippen molar-refractivity contribution in [3.05, 3.63) is 60.4 Å². The largest absolute Gasteiger partial charge is 0.341 e. The predicted octanol–water partition coefficient (Wildman–Crippen LogP) is 3.30. The molecule has 7 nitrogen and oxygen atoms in total. The molecule has 0 saturated heterocycles. The summed E-state index contributed by atoms with van der Waals surface area (Å²) >= 11 is 1.08. The molecule has 0 saturated carbocycles. The minimum Gasteiger partial charge on any atom is -0.324 e. The second kappa shape index (κ2) is 8.70. The van der Waals surface area contributed by atoms with Crippen LogP contribution in [0.25, 0.3) is 5.69 Å². The number of hydrogen-bond acceptors (Lipinski definition) is 6. The normalized spacial score (nSPS) is 11.6. The van der Waals surface area contributed by atoms with Crippen LogP contribution in [0.4, 0.5) is 14.5 Å². The Morgan fingerprint density at radius 1 is 1.17 bits per heavy atom. The van der Waals surface area contributed by atoms with E-state index in [4.69, 9.17) is 0 Å². The van der Waals surface area contributed by atoms with Gasteiger partial charge in [-0.25, -0.2) is 8.42 Å². The Hall–Kier alpha value is -2.79. The van der Waals surface area contributed by atoms with Gasteiger partial charge in [-0.05, 0) is 30.7 Å². The van der Waals surface area contributed by atoms with E-state index in [9.17, 15) is 22.0 Å². The van der Waals surface area contributed by atoms with Gasteiger partial charge in [0, 0.05) is 0 Å². The third kappa shape index (κ3) is 4.62. The molecule has 1 heterocycles. The molecule has 11 heteroatoms. The first-order valence-electron chi connectivity index (χ1n) is 8.30. The van der Waals surface area contributed by atoms with Gasteiger partial charge < -0.3 is 5.32 Å². The maximum atomic E-state index is 12.9. The summed E-state index contributed by atoms with van der Waals surface area (Å²) < 4.78 is 51.0. The number of benzene rings is 2. The zero-order chi connectivity index (χ0) is 21.0. The number of para-hydroxylation sites is 2. The van der Waals surface area contributed by atoms with Crippen molar-refractivity contribution in [3.63, 3.8) is 0 Å². The molecule has 0 radical (unpaired) electrons. The summed E-state index contributed by atoms with van der Waals surface area (Å²) in [5.41, 5.74) is 1.65. The van der Waals surface area contributed by atoms with Crippen LogP contribution in [0.15, 0.2) is 64.9 Å². The number of hydrogen-bond donors (Lipinski definition) is 1. The van der Waals surface area contributed by atoms with Gasteiger partial charge in [0.1, 0.15) is 6.33 Å². The third-order valence-corrected chi connectivity index (χ3v) is 6.31. The first-order valence-corrected chi connectivity index (χ1v) is 10.8. The molecule has 0 aliphatic heterocycles. The first-order chi connectivity index (χ1) is 13.8. The van der Waals surface area contributed by atoms with Crippen LogP contribution in [0.2, 0.25) is 0 Å². The number of carbonyl (C=O) groups excluding carboxylic acids is 1. The van der Waals surface area contributed by atoms with Crippen molar-refractivity contribution in [3.8, 4) is 5.69 Å². The highest BCUT2D eigenvalue weighted by Crippen LogP contribution is 2.27. The number of sulfone groups is 1. The standard InChI is InChI=1S/C18H16F2N4O3S2/c1-12-6-2-4-8-14(12)24-11-21-23-18(24)28-10-16(25)22-13-7-3-5-9-15(13)29(26,27)17(19)20/h2-9,11,17H,10H2,1H3,(H,22,25). The number of anilines is 1. The third-order valence-electron chi connectivity index (χ3n) is 3.93. The lowest BCUT2D eigenvalue weighted by molar-refractivity contribution is -0.113. The van der Waals surface area contributed by atoms with Crippen LogP contribution in [0.5, 0.6) is 0 Å². The second-order valence-corrected chi connectivity index (χ2v) is 8.74. The van der Waals surface area contributed by atoms with Crippen LogP contribution in [0.3, 0.4) is 0 Å². The number of carbonyl (C=O) groups is 1. The predicted molar refractivity (Wildman–Crippen MR) is 105 cm³/mol. The van der Waals surface area contributed by atoms with Crippen LogP contribution in [0.1, 0.15) is 5.56 Å². The monoisotopic (exact) mass is 438 g/mol. The van der Waals surface area contributed by atoms with Gasteiger partial charge in [-0.2, -0.15) is 8.78 Å². The highest BCUT2D eigenvalue weighted by atomic mass is 32.2. The van der Waals surface area contributed by atoms with E-state index in [1.165, 1.54) is 24.5 Å². The van der Waals surface area contributed by atoms with Gasteiger partial charge >= 0.3 is 5.76 Å². The van der Waals surface area contributed by atoms with E-state index in [-0.39, 0.29) is 11.4 Å². The molecule has 29 heavy (non-hydrogen) atoms. The average Bonchev–Trinajstić information content (AvgIpc) is 3.15. The maximum Gasteiger partial charge on any atom is 0.341 e. The van der Waals surface area contributed by atoms with Crippen molar-refractivity contribution in [2.75, 3.05) is 11.1 Å². The summed E-state index contributed by atoms with van der Waals surface area (Å²) in [5, 5.41) is 10.7. The zero-order valence-corrected chi connectivity index (χ0v) is 16.8. The Kier molecular flexibility index (Phi) is 6.28. The molecule has 3 rings (SSSR count). The number of halogens is 2. The molecule has 1 N–H and O–H groups in total. The molecule has 3 aromatic rings. The summed E-state index contributed by atoms with van der Waals surface area (Å²) in [4.78, 5) is 11.7. The number of aromatic nitrogens is 3. The fourth-order valence-electron chi connectivity index (χ4n) is 2.55. The van der Waals surface area contributed by atoms with E-state index in [0.717, 1.165) is 29.1 Å². The molecule has 0 atom stereocenters. The Morgan fingerprint density at radius 2 is 1.86 bits per heavy atom. The molecule has 1 amide bonds. The van der Waals surface area contributed by atoms with Gasteiger partial charge in [-0.15, -0.1) is 10.2 Å². The lowest BCUT2D eigenvalue weighted by atomic mass is 10.2. The Labute approximate surface area is 170 Å². The summed E-state index contributed by atoms with van der Waals surface area (Å²) in [6.07, 6.45) is 1.52. The van der Waals surface area contributed by atoms with Crippen molar-refractivity contribution in [1.29, 1.82) is 0 Å². The summed E-state index contributed by atoms with van der Waals surface area (Å²) in [6, 6.07) is 12.6. The second-order valence-electron chi connectivity index (χ2n) is 5.91. The molecule has 1 aromatic heterocycles. The first kappa shape index (κ1) is 20.9. The van der Waals surface area contributed by atoms with Crippen molar-refractivity contribution in [2.45, 2.75) is 22.7 Å². The molecule has 2 aromatic carbocycles. The number of alkyl halides is 2. The van der Waals surface area contributed by atoms with E-state index in [1.54, 1.807) is 4.57 Å². The SMILES string of the molecule is Cc1ccccc1-n1cnnc1SCC(=O)Nc1ccccc1S(=O)(=O)C(F)F. The molecular formula is C18H16F2N4O3S2. The van der Waals surface area contributed by atoms with Crippen LogP contribution in [-0.4, -0.2) is 40.6 Å². The van der Waals surface area contributed by atoms with Crippen molar-refractivity contribution >= 4 is 33.2 Å². The van der Waals surface area contributed by atoms with Crippen LogP contribution < -0.4 is 5.32 Å². The van der Waals surface area contributed by atoms with E-state index in [0.29, 0.717) is 5.16 Å². The zero-order valence-electron chi connectivity index (χ0n) is 15.1. The van der Waals surface area contributed by atoms with Crippen LogP contribution in [0, 0.1) is 6.92 Å². The summed E-state index contributed by atoms with van der Waals surface area (Å²) in [6.45, 7) is 1.93. The molecule has 0 aliphatic carbocycles. The lowest BCUT2D eigenvalue weighted by Crippen LogP contribution is -2.19. The molecule has 0 spiro atoms. The van der Waals surface area contributed by atoms with Crippen molar-refractivity contribution in [1.82, 2.24) is 14.8 Å². The van der Waals surface area contributed by atoms with Crippen molar-refractivity contribution < 1.29 is 22.0 Å². The fourth-order valence-corrected chi connectivity index (χ4v) is 4.16. The number of aryl methyl sites for hydroxylation is 1. The van der Waals surface area contributed by atoms with E-state index in [1.807, 2.05) is 31.2 Å². The number of nitrogens with one attached hydrogen (secondary N) is 1. The summed E-state index contributed by atoms with van der Waals surface area (Å²) in [5.74, 6) is -4.26. The van der Waals surface area contributed by atoms with Gasteiger partial charge in [0.05, 0.1) is 22.0 Å². The lowest BCUT2D eigenvalue weighted by Gasteiger charge is -2.11. The molecule has 0 aliphatic rings. The molecule has 0 bridgehead atoms. The minimum atomic E-state index is -4.84. The van der Waals surface area contributed by atoms with Gasteiger partial charge in [-0.3, -0.25) is 9.36 Å². The fraction of sp³-hybridized carbons (Fsp3) is 0.167.